The lowest BCUT2D eigenvalue weighted by Gasteiger charge is -2.34. The average molecular weight is 694 g/mol. The van der Waals surface area contributed by atoms with Crippen LogP contribution in [0.25, 0.3) is 0 Å². The number of nitrogens with one attached hydrogen (secondary N) is 4. The summed E-state index contributed by atoms with van der Waals surface area (Å²) in [6.45, 7) is -0.439. The van der Waals surface area contributed by atoms with Crippen molar-refractivity contribution in [2.45, 2.75) is 50.8 Å². The van der Waals surface area contributed by atoms with E-state index in [-0.39, 0.29) is 41.7 Å². The number of carbonyl (C=O) groups is 4. The third kappa shape index (κ3) is 8.20. The van der Waals surface area contributed by atoms with Gasteiger partial charge in [-0.25, -0.2) is 9.97 Å². The minimum atomic E-state index is -3.65. The molecule has 48 heavy (non-hydrogen) atoms. The van der Waals surface area contributed by atoms with E-state index in [1.807, 2.05) is 0 Å². The van der Waals surface area contributed by atoms with Crippen molar-refractivity contribution < 1.29 is 41.1 Å². The summed E-state index contributed by atoms with van der Waals surface area (Å²) < 4.78 is 57.7. The molecule has 19 heteroatoms. The van der Waals surface area contributed by atoms with Gasteiger partial charge in [0.2, 0.25) is 17.8 Å². The topological polar surface area (TPSA) is 195 Å². The smallest absolute Gasteiger partial charge is 0.387 e. The van der Waals surface area contributed by atoms with E-state index in [0.717, 1.165) is 17.3 Å². The minimum absolute atomic E-state index is 0.0505. The molecule has 0 radical (unpaired) electrons. The number of halogens is 2. The molecule has 1 aromatic carbocycles. The summed E-state index contributed by atoms with van der Waals surface area (Å²) in [6, 6.07) is 3.69. The zero-order valence-corrected chi connectivity index (χ0v) is 27.0. The Balaban J connectivity index is 0.981. The fraction of sp³-hybridized carbons (Fsp3) is 0.517. The van der Waals surface area contributed by atoms with E-state index in [1.165, 1.54) is 14.7 Å². The molecule has 0 aliphatic carbocycles. The molecule has 2 saturated heterocycles. The number of rotatable bonds is 15. The highest BCUT2D eigenvalue weighted by atomic mass is 32.2. The molecular formula is C29H37F2N9O7S. The lowest BCUT2D eigenvalue weighted by molar-refractivity contribution is -0.136. The van der Waals surface area contributed by atoms with Crippen molar-refractivity contribution >= 4 is 45.5 Å². The van der Waals surface area contributed by atoms with Crippen LogP contribution in [0.1, 0.15) is 52.8 Å². The Bertz CT molecular complexity index is 1620. The maximum absolute atomic E-state index is 13.1. The first-order chi connectivity index (χ1) is 22.9. The molecule has 5 rings (SSSR count). The molecule has 4 N–H and O–H groups in total. The average Bonchev–Trinajstić information content (AvgIpc) is 3.29. The van der Waals surface area contributed by atoms with E-state index in [0.29, 0.717) is 64.2 Å². The highest BCUT2D eigenvalue weighted by molar-refractivity contribution is 7.86. The van der Waals surface area contributed by atoms with Crippen LogP contribution >= 0.6 is 0 Å². The number of nitrogens with zero attached hydrogens (tertiary/aromatic N) is 5. The molecule has 1 unspecified atom stereocenters. The number of hydrogen-bond acceptors (Lipinski definition) is 12. The van der Waals surface area contributed by atoms with E-state index in [9.17, 15) is 36.4 Å². The summed E-state index contributed by atoms with van der Waals surface area (Å²) in [5.74, 6) is -2.14. The van der Waals surface area contributed by atoms with Crippen LogP contribution in [0, 0.1) is 0 Å². The van der Waals surface area contributed by atoms with Gasteiger partial charge in [0.25, 0.3) is 22.0 Å². The maximum Gasteiger partial charge on any atom is 0.387 e. The summed E-state index contributed by atoms with van der Waals surface area (Å²) in [6.07, 6.45) is 4.04. The summed E-state index contributed by atoms with van der Waals surface area (Å²) in [4.78, 5) is 58.4. The molecule has 0 bridgehead atoms. The molecule has 2 fully saturated rings. The largest absolute Gasteiger partial charge is 0.432 e. The quantitative estimate of drug-likeness (QED) is 0.150. The van der Waals surface area contributed by atoms with Gasteiger partial charge >= 0.3 is 6.61 Å². The fourth-order valence-corrected chi connectivity index (χ4v) is 7.13. The number of anilines is 2. The highest BCUT2D eigenvalue weighted by Crippen LogP contribution is 2.29. The van der Waals surface area contributed by atoms with E-state index in [2.05, 4.69) is 36.0 Å². The number of benzene rings is 1. The first-order valence-electron chi connectivity index (χ1n) is 15.5. The third-order valence-electron chi connectivity index (χ3n) is 8.26. The SMILES string of the molecule is CN(CCCNCCNc1ccc2c(c1)C(=O)N(C1CCC(=O)NC1=O)C2=O)S(=O)(=O)N1CCC(Nc2ncc(OC(F)F)cn2)CC1. The van der Waals surface area contributed by atoms with Gasteiger partial charge in [-0.1, -0.05) is 0 Å². The molecule has 3 aliphatic rings. The number of carbonyl (C=O) groups excluding carboxylic acids is 4. The van der Waals surface area contributed by atoms with Crippen LogP contribution < -0.4 is 26.0 Å². The fourth-order valence-electron chi connectivity index (χ4n) is 5.71. The van der Waals surface area contributed by atoms with Crippen molar-refractivity contribution in [3.63, 3.8) is 0 Å². The Morgan fingerprint density at radius 1 is 1.02 bits per heavy atom. The van der Waals surface area contributed by atoms with Gasteiger partial charge in [0, 0.05) is 57.9 Å². The normalized spacial score (nSPS) is 19.2. The van der Waals surface area contributed by atoms with Crippen molar-refractivity contribution in [2.24, 2.45) is 0 Å². The van der Waals surface area contributed by atoms with E-state index in [4.69, 9.17) is 0 Å². The van der Waals surface area contributed by atoms with Crippen LogP contribution in [0.5, 0.6) is 5.75 Å². The summed E-state index contributed by atoms with van der Waals surface area (Å²) in [7, 11) is -2.11. The summed E-state index contributed by atoms with van der Waals surface area (Å²) in [5, 5.41) is 11.7. The Labute approximate surface area is 275 Å². The van der Waals surface area contributed by atoms with E-state index < -0.39 is 46.5 Å². The highest BCUT2D eigenvalue weighted by Gasteiger charge is 2.44. The van der Waals surface area contributed by atoms with Crippen LogP contribution in [0.15, 0.2) is 30.6 Å². The van der Waals surface area contributed by atoms with Gasteiger partial charge in [-0.15, -0.1) is 0 Å². The van der Waals surface area contributed by atoms with Gasteiger partial charge in [-0.05, 0) is 50.4 Å². The predicted molar refractivity (Wildman–Crippen MR) is 168 cm³/mol. The molecule has 260 valence electrons. The lowest BCUT2D eigenvalue weighted by atomic mass is 10.0. The standard InChI is InChI=1S/C29H37F2N9O7S/c1-38(48(45,46)39-13-7-18(8-14-39)36-29-34-16-20(17-35-29)47-28(30)31)12-2-9-32-10-11-33-19-3-4-21-22(15-19)27(44)40(26(21)43)23-5-6-24(41)37-25(23)42/h3-4,15-18,23,28,32-33H,2,5-14H2,1H3,(H,34,35,36)(H,37,41,42). The summed E-state index contributed by atoms with van der Waals surface area (Å²) in [5.41, 5.74) is 1.02. The van der Waals surface area contributed by atoms with Crippen LogP contribution in [-0.4, -0.2) is 121 Å². The molecule has 3 aliphatic heterocycles. The summed E-state index contributed by atoms with van der Waals surface area (Å²) >= 11 is 0. The molecule has 4 amide bonds. The number of hydrogen-bond donors (Lipinski definition) is 4. The molecule has 0 saturated carbocycles. The number of alkyl halides is 2. The van der Waals surface area contributed by atoms with Gasteiger partial charge in [0.1, 0.15) is 6.04 Å². The number of amides is 4. The van der Waals surface area contributed by atoms with Gasteiger partial charge < -0.3 is 20.7 Å². The van der Waals surface area contributed by atoms with E-state index in [1.54, 1.807) is 19.2 Å². The van der Waals surface area contributed by atoms with Gasteiger partial charge in [-0.3, -0.25) is 29.4 Å². The van der Waals surface area contributed by atoms with Crippen molar-refractivity contribution in [2.75, 3.05) is 56.9 Å². The zero-order chi connectivity index (χ0) is 34.4. The minimum Gasteiger partial charge on any atom is -0.432 e. The maximum atomic E-state index is 13.1. The molecule has 1 atom stereocenters. The Morgan fingerprint density at radius 2 is 1.73 bits per heavy atom. The van der Waals surface area contributed by atoms with Crippen molar-refractivity contribution in [1.29, 1.82) is 0 Å². The molecule has 4 heterocycles. The van der Waals surface area contributed by atoms with Crippen molar-refractivity contribution in [1.82, 2.24) is 34.1 Å². The molecule has 0 spiro atoms. The molecule has 16 nitrogen and oxygen atoms in total. The second-order valence-corrected chi connectivity index (χ2v) is 13.5. The first-order valence-corrected chi connectivity index (χ1v) is 16.9. The number of piperidine rings is 2. The molecule has 2 aromatic rings. The second kappa shape index (κ2) is 15.3. The van der Waals surface area contributed by atoms with Crippen LogP contribution in [0.3, 0.4) is 0 Å². The molecular weight excluding hydrogens is 656 g/mol. The van der Waals surface area contributed by atoms with Gasteiger partial charge in [-0.2, -0.15) is 25.8 Å². The Morgan fingerprint density at radius 3 is 2.42 bits per heavy atom. The number of ether oxygens (including phenoxy) is 1. The van der Waals surface area contributed by atoms with Gasteiger partial charge in [0.05, 0.1) is 23.5 Å². The second-order valence-electron chi connectivity index (χ2n) is 11.5. The Kier molecular flexibility index (Phi) is 11.1. The van der Waals surface area contributed by atoms with Crippen molar-refractivity contribution in [3.8, 4) is 5.75 Å². The first kappa shape index (κ1) is 35.0. The third-order valence-corrected chi connectivity index (χ3v) is 10.2. The number of imide groups is 2. The predicted octanol–water partition coefficient (Wildman–Crippen LogP) is 0.624. The number of aromatic nitrogens is 2. The monoisotopic (exact) mass is 693 g/mol. The number of fused-ring (bicyclic) bond motifs is 1. The van der Waals surface area contributed by atoms with Crippen LogP contribution in [-0.2, 0) is 19.8 Å². The van der Waals surface area contributed by atoms with Gasteiger partial charge in [0.15, 0.2) is 5.75 Å². The van der Waals surface area contributed by atoms with Crippen LogP contribution in [0.2, 0.25) is 0 Å². The lowest BCUT2D eigenvalue weighted by Crippen LogP contribution is -2.54. The van der Waals surface area contributed by atoms with Crippen molar-refractivity contribution in [3.05, 3.63) is 41.7 Å². The molecule has 1 aromatic heterocycles. The van der Waals surface area contributed by atoms with Crippen LogP contribution in [0.4, 0.5) is 20.4 Å². The van der Waals surface area contributed by atoms with E-state index >= 15 is 0 Å². The zero-order valence-electron chi connectivity index (χ0n) is 26.2. The Hall–Kier alpha value is -4.33.